The molecule has 1 saturated heterocycles. The van der Waals surface area contributed by atoms with Crippen molar-refractivity contribution in [2.45, 2.75) is 31.7 Å². The van der Waals surface area contributed by atoms with Gasteiger partial charge in [0.05, 0.1) is 12.2 Å². The molecule has 0 spiro atoms. The molecule has 2 aromatic rings. The van der Waals surface area contributed by atoms with Crippen molar-refractivity contribution in [2.24, 2.45) is 0 Å². The van der Waals surface area contributed by atoms with E-state index < -0.39 is 0 Å². The smallest absolute Gasteiger partial charge is 0.271 e. The molecule has 1 aromatic carbocycles. The summed E-state index contributed by atoms with van der Waals surface area (Å²) in [6.45, 7) is 0.928. The van der Waals surface area contributed by atoms with Gasteiger partial charge >= 0.3 is 0 Å². The Morgan fingerprint density at radius 2 is 2.19 bits per heavy atom. The van der Waals surface area contributed by atoms with Gasteiger partial charge < -0.3 is 10.2 Å². The van der Waals surface area contributed by atoms with E-state index in [4.69, 9.17) is 0 Å². The van der Waals surface area contributed by atoms with Gasteiger partial charge in [-0.1, -0.05) is 12.1 Å². The third-order valence-corrected chi connectivity index (χ3v) is 4.46. The average molecular weight is 356 g/mol. The second kappa shape index (κ2) is 8.51. The van der Waals surface area contributed by atoms with Crippen LogP contribution in [0.5, 0.6) is 0 Å². The van der Waals surface area contributed by atoms with Crippen molar-refractivity contribution in [3.8, 4) is 0 Å². The summed E-state index contributed by atoms with van der Waals surface area (Å²) in [7, 11) is 0. The first kappa shape index (κ1) is 18.0. The second-order valence-electron chi connectivity index (χ2n) is 6.33. The molecule has 0 aliphatic carbocycles. The summed E-state index contributed by atoms with van der Waals surface area (Å²) in [5, 5.41) is 2.82. The van der Waals surface area contributed by atoms with E-state index >= 15 is 0 Å². The Balaban J connectivity index is 1.72. The monoisotopic (exact) mass is 356 g/mol. The number of halogens is 1. The number of nitrogens with one attached hydrogen (secondary N) is 1. The first-order valence-electron chi connectivity index (χ1n) is 8.71. The maximum Gasteiger partial charge on any atom is 0.271 e. The molecule has 7 heteroatoms. The van der Waals surface area contributed by atoms with Crippen LogP contribution in [0.2, 0.25) is 0 Å². The summed E-state index contributed by atoms with van der Waals surface area (Å²) in [6.07, 6.45) is 7.14. The number of hydrogen-bond donors (Lipinski definition) is 1. The number of aromatic nitrogens is 2. The molecule has 1 aliphatic heterocycles. The summed E-state index contributed by atoms with van der Waals surface area (Å²) in [5.41, 5.74) is 1.02. The lowest BCUT2D eigenvalue weighted by Crippen LogP contribution is -2.50. The van der Waals surface area contributed by atoms with Crippen molar-refractivity contribution < 1.29 is 14.0 Å². The van der Waals surface area contributed by atoms with Gasteiger partial charge in [0.25, 0.3) is 5.91 Å². The molecule has 2 amide bonds. The summed E-state index contributed by atoms with van der Waals surface area (Å²) in [6, 6.07) is 6.10. The van der Waals surface area contributed by atoms with Crippen LogP contribution in [-0.2, 0) is 11.2 Å². The molecule has 1 N–H and O–H groups in total. The van der Waals surface area contributed by atoms with Crippen LogP contribution in [0, 0.1) is 5.82 Å². The molecular weight excluding hydrogens is 335 g/mol. The lowest BCUT2D eigenvalue weighted by atomic mass is 10.0. The molecule has 136 valence electrons. The highest BCUT2D eigenvalue weighted by Gasteiger charge is 2.27. The maximum atomic E-state index is 13.5. The number of amides is 2. The van der Waals surface area contributed by atoms with Crippen molar-refractivity contribution in [1.82, 2.24) is 20.2 Å². The quantitative estimate of drug-likeness (QED) is 0.859. The molecule has 6 nitrogen and oxygen atoms in total. The van der Waals surface area contributed by atoms with Crippen molar-refractivity contribution in [2.75, 3.05) is 13.1 Å². The number of piperidine rings is 1. The maximum absolute atomic E-state index is 13.5. The minimum Gasteiger partial charge on any atom is -0.349 e. The van der Waals surface area contributed by atoms with E-state index in [1.54, 1.807) is 11.0 Å². The Bertz CT molecular complexity index is 769. The van der Waals surface area contributed by atoms with E-state index in [0.29, 0.717) is 19.4 Å². The number of likely N-dealkylation sites (tertiary alicyclic amines) is 1. The largest absolute Gasteiger partial charge is 0.349 e. The fraction of sp³-hybridized carbons (Fsp3) is 0.368. The van der Waals surface area contributed by atoms with Gasteiger partial charge in [-0.3, -0.25) is 14.6 Å². The Morgan fingerprint density at radius 3 is 2.92 bits per heavy atom. The Labute approximate surface area is 151 Å². The Morgan fingerprint density at radius 1 is 1.31 bits per heavy atom. The molecule has 3 rings (SSSR count). The second-order valence-corrected chi connectivity index (χ2v) is 6.33. The van der Waals surface area contributed by atoms with Gasteiger partial charge in [-0.2, -0.15) is 0 Å². The number of benzene rings is 1. The van der Waals surface area contributed by atoms with Gasteiger partial charge in [0.1, 0.15) is 11.5 Å². The third kappa shape index (κ3) is 4.62. The van der Waals surface area contributed by atoms with Crippen LogP contribution in [0.25, 0.3) is 0 Å². The number of hydrogen-bond acceptors (Lipinski definition) is 4. The number of carbonyl (C=O) groups excluding carboxylic acids is 2. The lowest BCUT2D eigenvalue weighted by Gasteiger charge is -2.35. The van der Waals surface area contributed by atoms with Gasteiger partial charge in [-0.15, -0.1) is 0 Å². The first-order valence-corrected chi connectivity index (χ1v) is 8.71. The minimum atomic E-state index is -0.341. The van der Waals surface area contributed by atoms with Crippen LogP contribution in [-0.4, -0.2) is 45.8 Å². The van der Waals surface area contributed by atoms with Gasteiger partial charge in [0.15, 0.2) is 0 Å². The van der Waals surface area contributed by atoms with Gasteiger partial charge in [0.2, 0.25) is 5.91 Å². The number of carbonyl (C=O) groups is 2. The van der Waals surface area contributed by atoms with Crippen molar-refractivity contribution in [1.29, 1.82) is 0 Å². The summed E-state index contributed by atoms with van der Waals surface area (Å²) >= 11 is 0. The van der Waals surface area contributed by atoms with Crippen LogP contribution < -0.4 is 5.32 Å². The van der Waals surface area contributed by atoms with E-state index in [-0.39, 0.29) is 35.9 Å². The van der Waals surface area contributed by atoms with Gasteiger partial charge in [-0.05, 0) is 37.0 Å². The number of rotatable bonds is 6. The highest BCUT2D eigenvalue weighted by atomic mass is 19.1. The standard InChI is InChI=1S/C19H21FN4O2/c20-15-5-3-4-14(10-15)11-16(24-9-2-1-6-18(24)25)12-23-19(26)17-13-21-7-8-22-17/h3-5,7-8,10,13,16H,1-2,6,9,11-12H2,(H,23,26). The van der Waals surface area contributed by atoms with Gasteiger partial charge in [-0.25, -0.2) is 9.37 Å². The van der Waals surface area contributed by atoms with E-state index in [1.807, 2.05) is 6.07 Å². The van der Waals surface area contributed by atoms with E-state index in [0.717, 1.165) is 18.4 Å². The average Bonchev–Trinajstić information content (AvgIpc) is 2.66. The molecular formula is C19H21FN4O2. The van der Waals surface area contributed by atoms with Crippen LogP contribution in [0.1, 0.15) is 35.3 Å². The molecule has 2 heterocycles. The summed E-state index contributed by atoms with van der Waals surface area (Å²) in [4.78, 5) is 34.2. The van der Waals surface area contributed by atoms with Crippen molar-refractivity contribution >= 4 is 11.8 Å². The summed E-state index contributed by atoms with van der Waals surface area (Å²) in [5.74, 6) is -0.576. The fourth-order valence-corrected chi connectivity index (χ4v) is 3.16. The molecule has 1 aliphatic rings. The van der Waals surface area contributed by atoms with Crippen LogP contribution in [0.15, 0.2) is 42.9 Å². The van der Waals surface area contributed by atoms with Crippen LogP contribution in [0.4, 0.5) is 4.39 Å². The number of nitrogens with zero attached hydrogens (tertiary/aromatic N) is 3. The molecule has 0 saturated carbocycles. The van der Waals surface area contributed by atoms with E-state index in [1.165, 1.54) is 30.7 Å². The topological polar surface area (TPSA) is 75.2 Å². The van der Waals surface area contributed by atoms with Crippen molar-refractivity contribution in [3.05, 3.63) is 59.9 Å². The zero-order valence-corrected chi connectivity index (χ0v) is 14.4. The lowest BCUT2D eigenvalue weighted by molar-refractivity contribution is -0.135. The van der Waals surface area contributed by atoms with Crippen LogP contribution in [0.3, 0.4) is 0 Å². The summed E-state index contributed by atoms with van der Waals surface area (Å²) < 4.78 is 13.5. The minimum absolute atomic E-state index is 0.0754. The first-order chi connectivity index (χ1) is 12.6. The predicted molar refractivity (Wildman–Crippen MR) is 93.8 cm³/mol. The third-order valence-electron chi connectivity index (χ3n) is 4.46. The predicted octanol–water partition coefficient (Wildman–Crippen LogP) is 1.97. The van der Waals surface area contributed by atoms with Crippen molar-refractivity contribution in [3.63, 3.8) is 0 Å². The van der Waals surface area contributed by atoms with Crippen LogP contribution >= 0.6 is 0 Å². The van der Waals surface area contributed by atoms with Gasteiger partial charge in [0, 0.05) is 31.9 Å². The molecule has 1 fully saturated rings. The molecule has 0 radical (unpaired) electrons. The van der Waals surface area contributed by atoms with E-state index in [2.05, 4.69) is 15.3 Å². The molecule has 1 unspecified atom stereocenters. The highest BCUT2D eigenvalue weighted by Crippen LogP contribution is 2.17. The zero-order chi connectivity index (χ0) is 18.4. The SMILES string of the molecule is O=C(NCC(Cc1cccc(F)c1)N1CCCCC1=O)c1cnccn1. The molecule has 26 heavy (non-hydrogen) atoms. The molecule has 1 aromatic heterocycles. The van der Waals surface area contributed by atoms with E-state index in [9.17, 15) is 14.0 Å². The highest BCUT2D eigenvalue weighted by molar-refractivity contribution is 5.91. The normalized spacial score (nSPS) is 15.6. The molecule has 1 atom stereocenters. The fourth-order valence-electron chi connectivity index (χ4n) is 3.16. The molecule has 0 bridgehead atoms. The Kier molecular flexibility index (Phi) is 5.88. The Hall–Kier alpha value is -2.83. The zero-order valence-electron chi connectivity index (χ0n) is 14.4.